The first-order valence-electron chi connectivity index (χ1n) is 5.75. The largest absolute Gasteiger partial charge is 0.383 e. The van der Waals surface area contributed by atoms with Crippen molar-refractivity contribution in [3.63, 3.8) is 0 Å². The summed E-state index contributed by atoms with van der Waals surface area (Å²) < 4.78 is 4.96. The Morgan fingerprint density at radius 1 is 1.19 bits per heavy atom. The van der Waals surface area contributed by atoms with Crippen LogP contribution in [0.25, 0.3) is 0 Å². The van der Waals surface area contributed by atoms with Gasteiger partial charge in [0.25, 0.3) is 0 Å². The lowest BCUT2D eigenvalue weighted by Gasteiger charge is -2.04. The molecule has 0 amide bonds. The molecular weight excluding hydrogens is 218 g/mol. The number of hydrogen-bond acceptors (Lipinski definition) is 3. The molecule has 2 nitrogen and oxygen atoms in total. The molecule has 0 saturated carbocycles. The van der Waals surface area contributed by atoms with E-state index in [1.165, 1.54) is 17.7 Å². The average molecular weight is 239 g/mol. The van der Waals surface area contributed by atoms with Crippen LogP contribution in [0.4, 0.5) is 0 Å². The molecule has 0 bridgehead atoms. The Balaban J connectivity index is 1.89. The van der Waals surface area contributed by atoms with Gasteiger partial charge in [0, 0.05) is 19.4 Å². The quantitative estimate of drug-likeness (QED) is 0.669. The summed E-state index contributed by atoms with van der Waals surface area (Å²) >= 11 is 2.00. The molecule has 0 unspecified atom stereocenters. The highest BCUT2D eigenvalue weighted by molar-refractivity contribution is 7.98. The highest BCUT2D eigenvalue weighted by Crippen LogP contribution is 2.11. The second kappa shape index (κ2) is 9.70. The molecule has 1 aromatic rings. The summed E-state index contributed by atoms with van der Waals surface area (Å²) in [4.78, 5) is 0. The molecule has 90 valence electrons. The van der Waals surface area contributed by atoms with E-state index in [0.29, 0.717) is 0 Å². The Morgan fingerprint density at radius 2 is 2.00 bits per heavy atom. The van der Waals surface area contributed by atoms with Crippen LogP contribution < -0.4 is 5.32 Å². The zero-order valence-electron chi connectivity index (χ0n) is 9.95. The van der Waals surface area contributed by atoms with Gasteiger partial charge in [-0.05, 0) is 24.3 Å². The van der Waals surface area contributed by atoms with Gasteiger partial charge in [-0.1, -0.05) is 30.3 Å². The number of nitrogens with one attached hydrogen (secondary N) is 1. The Labute approximate surface area is 103 Å². The molecule has 0 heterocycles. The monoisotopic (exact) mass is 239 g/mol. The number of rotatable bonds is 9. The Hall–Kier alpha value is -0.510. The fraction of sp³-hybridized carbons (Fsp3) is 0.538. The Morgan fingerprint density at radius 3 is 2.75 bits per heavy atom. The third-order valence-electron chi connectivity index (χ3n) is 2.24. The molecule has 0 aromatic heterocycles. The smallest absolute Gasteiger partial charge is 0.0587 e. The fourth-order valence-electron chi connectivity index (χ4n) is 1.36. The number of thioether (sulfide) groups is 1. The number of benzene rings is 1. The van der Waals surface area contributed by atoms with Gasteiger partial charge in [-0.25, -0.2) is 0 Å². The molecule has 16 heavy (non-hydrogen) atoms. The van der Waals surface area contributed by atoms with Gasteiger partial charge >= 0.3 is 0 Å². The molecule has 0 fully saturated rings. The first-order chi connectivity index (χ1) is 7.93. The minimum Gasteiger partial charge on any atom is -0.383 e. The van der Waals surface area contributed by atoms with Crippen molar-refractivity contribution in [3.05, 3.63) is 35.9 Å². The third kappa shape index (κ3) is 6.88. The number of ether oxygens (including phenoxy) is 1. The van der Waals surface area contributed by atoms with Gasteiger partial charge < -0.3 is 10.1 Å². The van der Waals surface area contributed by atoms with Crippen molar-refractivity contribution in [1.82, 2.24) is 5.32 Å². The molecule has 0 radical (unpaired) electrons. The van der Waals surface area contributed by atoms with E-state index in [4.69, 9.17) is 4.74 Å². The molecule has 0 saturated heterocycles. The second-order valence-corrected chi connectivity index (χ2v) is 4.74. The molecule has 1 N–H and O–H groups in total. The van der Waals surface area contributed by atoms with Crippen LogP contribution in [0.15, 0.2) is 30.3 Å². The summed E-state index contributed by atoms with van der Waals surface area (Å²) in [6, 6.07) is 10.6. The van der Waals surface area contributed by atoms with Crippen LogP contribution >= 0.6 is 11.8 Å². The topological polar surface area (TPSA) is 21.3 Å². The van der Waals surface area contributed by atoms with Crippen LogP contribution in [0.3, 0.4) is 0 Å². The van der Waals surface area contributed by atoms with Crippen LogP contribution in [0.5, 0.6) is 0 Å². The molecule has 1 rings (SSSR count). The van der Waals surface area contributed by atoms with Gasteiger partial charge in [0.2, 0.25) is 0 Å². The summed E-state index contributed by atoms with van der Waals surface area (Å²) in [5.41, 5.74) is 1.42. The maximum Gasteiger partial charge on any atom is 0.0587 e. The van der Waals surface area contributed by atoms with E-state index >= 15 is 0 Å². The van der Waals surface area contributed by atoms with Crippen LogP contribution in [-0.4, -0.2) is 32.6 Å². The zero-order valence-corrected chi connectivity index (χ0v) is 10.8. The minimum absolute atomic E-state index is 0.803. The highest BCUT2D eigenvalue weighted by atomic mass is 32.2. The summed E-state index contributed by atoms with van der Waals surface area (Å²) in [5.74, 6) is 2.34. The van der Waals surface area contributed by atoms with E-state index in [1.54, 1.807) is 7.11 Å². The van der Waals surface area contributed by atoms with Crippen molar-refractivity contribution < 1.29 is 4.74 Å². The van der Waals surface area contributed by atoms with Crippen LogP contribution in [0, 0.1) is 0 Å². The van der Waals surface area contributed by atoms with Crippen molar-refractivity contribution >= 4 is 11.8 Å². The highest BCUT2D eigenvalue weighted by Gasteiger charge is 1.92. The molecule has 3 heteroatoms. The minimum atomic E-state index is 0.803. The summed E-state index contributed by atoms with van der Waals surface area (Å²) in [6.45, 7) is 2.85. The van der Waals surface area contributed by atoms with Gasteiger partial charge in [0.15, 0.2) is 0 Å². The molecule has 0 spiro atoms. The van der Waals surface area contributed by atoms with E-state index in [0.717, 1.165) is 25.4 Å². The van der Waals surface area contributed by atoms with Crippen molar-refractivity contribution in [1.29, 1.82) is 0 Å². The predicted octanol–water partition coefficient (Wildman–Crippen LogP) is 2.55. The van der Waals surface area contributed by atoms with Crippen LogP contribution in [-0.2, 0) is 10.5 Å². The van der Waals surface area contributed by atoms with E-state index in [-0.39, 0.29) is 0 Å². The van der Waals surface area contributed by atoms with Crippen LogP contribution in [0.1, 0.15) is 12.0 Å². The normalized spacial score (nSPS) is 10.6. The van der Waals surface area contributed by atoms with E-state index < -0.39 is 0 Å². The number of hydrogen-bond donors (Lipinski definition) is 1. The Bertz CT molecular complexity index is 253. The van der Waals surface area contributed by atoms with Gasteiger partial charge in [-0.2, -0.15) is 11.8 Å². The first kappa shape index (κ1) is 13.6. The molecule has 1 aromatic carbocycles. The predicted molar refractivity (Wildman–Crippen MR) is 72.0 cm³/mol. The third-order valence-corrected chi connectivity index (χ3v) is 3.35. The van der Waals surface area contributed by atoms with Crippen molar-refractivity contribution in [2.75, 3.05) is 32.6 Å². The fourth-order valence-corrected chi connectivity index (χ4v) is 2.28. The molecule has 0 aliphatic heterocycles. The van der Waals surface area contributed by atoms with Crippen molar-refractivity contribution in [2.24, 2.45) is 0 Å². The second-order valence-electron chi connectivity index (χ2n) is 3.63. The number of methoxy groups -OCH3 is 1. The first-order valence-corrected chi connectivity index (χ1v) is 6.90. The molecule has 0 aliphatic carbocycles. The zero-order chi connectivity index (χ0) is 11.5. The van der Waals surface area contributed by atoms with E-state index in [1.807, 2.05) is 11.8 Å². The lowest BCUT2D eigenvalue weighted by molar-refractivity contribution is 0.199. The lowest BCUT2D eigenvalue weighted by atomic mass is 10.2. The SMILES string of the molecule is COCCNCCCSCc1ccccc1. The standard InChI is InChI=1S/C13H21NOS/c1-15-10-9-14-8-5-11-16-12-13-6-3-2-4-7-13/h2-4,6-7,14H,5,8-12H2,1H3. The van der Waals surface area contributed by atoms with Gasteiger partial charge in [0.1, 0.15) is 0 Å². The van der Waals surface area contributed by atoms with Gasteiger partial charge in [-0.15, -0.1) is 0 Å². The maximum atomic E-state index is 4.96. The van der Waals surface area contributed by atoms with Crippen molar-refractivity contribution in [2.45, 2.75) is 12.2 Å². The van der Waals surface area contributed by atoms with Crippen LogP contribution in [0.2, 0.25) is 0 Å². The van der Waals surface area contributed by atoms with Crippen molar-refractivity contribution in [3.8, 4) is 0 Å². The van der Waals surface area contributed by atoms with E-state index in [2.05, 4.69) is 35.6 Å². The molecular formula is C13H21NOS. The summed E-state index contributed by atoms with van der Waals surface area (Å²) in [5, 5.41) is 3.35. The average Bonchev–Trinajstić information content (AvgIpc) is 2.34. The van der Waals surface area contributed by atoms with Gasteiger partial charge in [-0.3, -0.25) is 0 Å². The van der Waals surface area contributed by atoms with Gasteiger partial charge in [0.05, 0.1) is 6.61 Å². The maximum absolute atomic E-state index is 4.96. The van der Waals surface area contributed by atoms with E-state index in [9.17, 15) is 0 Å². The summed E-state index contributed by atoms with van der Waals surface area (Å²) in [7, 11) is 1.73. The molecule has 0 atom stereocenters. The molecule has 0 aliphatic rings. The summed E-state index contributed by atoms with van der Waals surface area (Å²) in [6.07, 6.45) is 1.22. The lowest BCUT2D eigenvalue weighted by Crippen LogP contribution is -2.20. The Kier molecular flexibility index (Phi) is 8.22.